The van der Waals surface area contributed by atoms with Gasteiger partial charge in [0.2, 0.25) is 0 Å². The van der Waals surface area contributed by atoms with Crippen molar-refractivity contribution in [2.45, 2.75) is 52.7 Å². The number of aromatic nitrogens is 2. The first-order chi connectivity index (χ1) is 9.19. The number of hydrogen-bond donors (Lipinski definition) is 2. The van der Waals surface area contributed by atoms with E-state index in [1.165, 1.54) is 0 Å². The van der Waals surface area contributed by atoms with E-state index in [1.807, 2.05) is 6.07 Å². The maximum Gasteiger partial charge on any atom is 0.158 e. The molecule has 0 saturated heterocycles. The smallest absolute Gasteiger partial charge is 0.158 e. The molecule has 0 fully saturated rings. The molecule has 0 bridgehead atoms. The second kappa shape index (κ2) is 8.69. The van der Waals surface area contributed by atoms with Gasteiger partial charge in [0, 0.05) is 25.8 Å². The van der Waals surface area contributed by atoms with Gasteiger partial charge in [-0.25, -0.2) is 9.97 Å². The van der Waals surface area contributed by atoms with E-state index in [0.29, 0.717) is 18.5 Å². The largest absolute Gasteiger partial charge is 0.377 e. The van der Waals surface area contributed by atoms with Crippen molar-refractivity contribution in [2.75, 3.05) is 24.3 Å². The molecular formula is C14H26N4O. The van der Waals surface area contributed by atoms with E-state index in [2.05, 4.69) is 41.4 Å². The van der Waals surface area contributed by atoms with Gasteiger partial charge >= 0.3 is 0 Å². The van der Waals surface area contributed by atoms with Gasteiger partial charge in [-0.2, -0.15) is 0 Å². The fourth-order valence-electron chi connectivity index (χ4n) is 1.87. The van der Waals surface area contributed by atoms with E-state index >= 15 is 0 Å². The zero-order valence-corrected chi connectivity index (χ0v) is 12.5. The molecule has 1 atom stereocenters. The molecule has 0 radical (unpaired) electrons. The summed E-state index contributed by atoms with van der Waals surface area (Å²) in [6.07, 6.45) is 3.35. The number of nitrogens with zero attached hydrogens (tertiary/aromatic N) is 2. The lowest BCUT2D eigenvalue weighted by Crippen LogP contribution is -2.17. The van der Waals surface area contributed by atoms with E-state index < -0.39 is 0 Å². The van der Waals surface area contributed by atoms with Crippen LogP contribution in [0.5, 0.6) is 0 Å². The Morgan fingerprint density at radius 3 is 2.58 bits per heavy atom. The summed E-state index contributed by atoms with van der Waals surface area (Å²) in [5, 5.41) is 6.70. The molecule has 108 valence electrons. The Labute approximate surface area is 116 Å². The SMILES string of the molecule is CCCNc1cc(NC(C)CCC)nc(COC)n1. The second-order valence-electron chi connectivity index (χ2n) is 4.75. The van der Waals surface area contributed by atoms with Crippen LogP contribution in [0.25, 0.3) is 0 Å². The lowest BCUT2D eigenvalue weighted by molar-refractivity contribution is 0.178. The van der Waals surface area contributed by atoms with Gasteiger partial charge < -0.3 is 15.4 Å². The van der Waals surface area contributed by atoms with Crippen LogP contribution in [0.4, 0.5) is 11.6 Å². The molecular weight excluding hydrogens is 240 g/mol. The first-order valence-corrected chi connectivity index (χ1v) is 7.06. The number of methoxy groups -OCH3 is 1. The van der Waals surface area contributed by atoms with Crippen LogP contribution in [0.1, 0.15) is 45.9 Å². The van der Waals surface area contributed by atoms with Crippen molar-refractivity contribution in [3.05, 3.63) is 11.9 Å². The number of anilines is 2. The lowest BCUT2D eigenvalue weighted by atomic mass is 10.2. The van der Waals surface area contributed by atoms with Crippen molar-refractivity contribution in [3.63, 3.8) is 0 Å². The Bertz CT molecular complexity index is 370. The maximum absolute atomic E-state index is 5.11. The van der Waals surface area contributed by atoms with Crippen LogP contribution in [0.3, 0.4) is 0 Å². The molecule has 1 heterocycles. The predicted molar refractivity (Wildman–Crippen MR) is 79.5 cm³/mol. The minimum absolute atomic E-state index is 0.411. The molecule has 0 aliphatic rings. The van der Waals surface area contributed by atoms with E-state index in [1.54, 1.807) is 7.11 Å². The van der Waals surface area contributed by atoms with Crippen LogP contribution in [0.15, 0.2) is 6.07 Å². The van der Waals surface area contributed by atoms with Gasteiger partial charge in [-0.3, -0.25) is 0 Å². The lowest BCUT2D eigenvalue weighted by Gasteiger charge is -2.15. The monoisotopic (exact) mass is 266 g/mol. The summed E-state index contributed by atoms with van der Waals surface area (Å²) in [5.74, 6) is 2.42. The van der Waals surface area contributed by atoms with Gasteiger partial charge in [0.25, 0.3) is 0 Å². The molecule has 0 aromatic carbocycles. The average molecular weight is 266 g/mol. The molecule has 5 nitrogen and oxygen atoms in total. The highest BCUT2D eigenvalue weighted by atomic mass is 16.5. The molecule has 0 spiro atoms. The Hall–Kier alpha value is -1.36. The van der Waals surface area contributed by atoms with Crippen molar-refractivity contribution in [1.82, 2.24) is 9.97 Å². The van der Waals surface area contributed by atoms with Gasteiger partial charge in [-0.1, -0.05) is 20.3 Å². The first-order valence-electron chi connectivity index (χ1n) is 7.06. The summed E-state index contributed by atoms with van der Waals surface area (Å²) in [4.78, 5) is 8.89. The fourth-order valence-corrected chi connectivity index (χ4v) is 1.87. The van der Waals surface area contributed by atoms with Gasteiger partial charge in [0.15, 0.2) is 5.82 Å². The first kappa shape index (κ1) is 15.7. The van der Waals surface area contributed by atoms with E-state index in [0.717, 1.165) is 37.4 Å². The van der Waals surface area contributed by atoms with Gasteiger partial charge in [-0.15, -0.1) is 0 Å². The second-order valence-corrected chi connectivity index (χ2v) is 4.75. The zero-order chi connectivity index (χ0) is 14.1. The molecule has 1 aromatic rings. The van der Waals surface area contributed by atoms with E-state index in [9.17, 15) is 0 Å². The molecule has 0 amide bonds. The Kier molecular flexibility index (Phi) is 7.18. The van der Waals surface area contributed by atoms with Crippen LogP contribution >= 0.6 is 0 Å². The fraction of sp³-hybridized carbons (Fsp3) is 0.714. The summed E-state index contributed by atoms with van der Waals surface area (Å²) in [5.41, 5.74) is 0. The van der Waals surface area contributed by atoms with Crippen LogP contribution in [-0.2, 0) is 11.3 Å². The topological polar surface area (TPSA) is 59.1 Å². The molecule has 1 aromatic heterocycles. The highest BCUT2D eigenvalue weighted by Crippen LogP contribution is 2.14. The molecule has 2 N–H and O–H groups in total. The van der Waals surface area contributed by atoms with Gasteiger partial charge in [0.1, 0.15) is 18.2 Å². The number of rotatable bonds is 9. The summed E-state index contributed by atoms with van der Waals surface area (Å²) in [7, 11) is 1.66. The van der Waals surface area contributed by atoms with Crippen LogP contribution in [-0.4, -0.2) is 29.7 Å². The molecule has 0 aliphatic heterocycles. The Balaban J connectivity index is 2.79. The standard InChI is InChI=1S/C14H26N4O/c1-5-7-11(3)16-13-9-12(15-8-6-2)17-14(18-13)10-19-4/h9,11H,5-8,10H2,1-4H3,(H2,15,16,17,18). The summed E-state index contributed by atoms with van der Waals surface area (Å²) in [6.45, 7) is 7.82. The molecule has 5 heteroatoms. The highest BCUT2D eigenvalue weighted by molar-refractivity contribution is 5.48. The normalized spacial score (nSPS) is 12.2. The summed E-state index contributed by atoms with van der Waals surface area (Å²) >= 11 is 0. The van der Waals surface area contributed by atoms with Crippen molar-refractivity contribution >= 4 is 11.6 Å². The van der Waals surface area contributed by atoms with Crippen molar-refractivity contribution in [1.29, 1.82) is 0 Å². The average Bonchev–Trinajstić information content (AvgIpc) is 2.36. The van der Waals surface area contributed by atoms with Crippen LogP contribution < -0.4 is 10.6 Å². The molecule has 1 rings (SSSR count). The molecule has 0 saturated carbocycles. The number of nitrogens with one attached hydrogen (secondary N) is 2. The number of ether oxygens (including phenoxy) is 1. The highest BCUT2D eigenvalue weighted by Gasteiger charge is 2.07. The minimum Gasteiger partial charge on any atom is -0.377 e. The third-order valence-electron chi connectivity index (χ3n) is 2.72. The van der Waals surface area contributed by atoms with E-state index in [4.69, 9.17) is 4.74 Å². The minimum atomic E-state index is 0.411. The third-order valence-corrected chi connectivity index (χ3v) is 2.72. The van der Waals surface area contributed by atoms with Crippen LogP contribution in [0.2, 0.25) is 0 Å². The Morgan fingerprint density at radius 1 is 1.21 bits per heavy atom. The van der Waals surface area contributed by atoms with Gasteiger partial charge in [-0.05, 0) is 19.8 Å². The molecule has 1 unspecified atom stereocenters. The van der Waals surface area contributed by atoms with Gasteiger partial charge in [0.05, 0.1) is 0 Å². The molecule has 0 aliphatic carbocycles. The Morgan fingerprint density at radius 2 is 1.95 bits per heavy atom. The quantitative estimate of drug-likeness (QED) is 0.719. The van der Waals surface area contributed by atoms with E-state index in [-0.39, 0.29) is 0 Å². The molecule has 19 heavy (non-hydrogen) atoms. The zero-order valence-electron chi connectivity index (χ0n) is 12.5. The van der Waals surface area contributed by atoms with Crippen LogP contribution in [0, 0.1) is 0 Å². The maximum atomic E-state index is 5.11. The summed E-state index contributed by atoms with van der Waals surface area (Å²) in [6, 6.07) is 2.37. The van der Waals surface area contributed by atoms with Crippen molar-refractivity contribution in [3.8, 4) is 0 Å². The third kappa shape index (κ3) is 5.87. The van der Waals surface area contributed by atoms with Crippen molar-refractivity contribution < 1.29 is 4.74 Å². The number of hydrogen-bond acceptors (Lipinski definition) is 5. The summed E-state index contributed by atoms with van der Waals surface area (Å²) < 4.78 is 5.11. The predicted octanol–water partition coefficient (Wildman–Crippen LogP) is 3.05. The van der Waals surface area contributed by atoms with Crippen molar-refractivity contribution in [2.24, 2.45) is 0 Å².